The highest BCUT2D eigenvalue weighted by Crippen LogP contribution is 2.44. The van der Waals surface area contributed by atoms with E-state index in [-0.39, 0.29) is 29.7 Å². The lowest BCUT2D eigenvalue weighted by molar-refractivity contribution is -0.136. The number of amides is 3. The Labute approximate surface area is 356 Å². The first kappa shape index (κ1) is 39.7. The van der Waals surface area contributed by atoms with E-state index in [1.165, 1.54) is 12.8 Å². The second-order valence-electron chi connectivity index (χ2n) is 18.4. The highest BCUT2D eigenvalue weighted by atomic mass is 16.5. The van der Waals surface area contributed by atoms with E-state index in [1.807, 2.05) is 18.3 Å². The van der Waals surface area contributed by atoms with Gasteiger partial charge in [-0.1, -0.05) is 6.07 Å². The van der Waals surface area contributed by atoms with Crippen LogP contribution in [-0.2, 0) is 29.7 Å². The Balaban J connectivity index is 0.727. The summed E-state index contributed by atoms with van der Waals surface area (Å²) >= 11 is 0. The fourth-order valence-corrected chi connectivity index (χ4v) is 10.7. The maximum absolute atomic E-state index is 13.4. The van der Waals surface area contributed by atoms with Crippen LogP contribution in [0.15, 0.2) is 53.6 Å². The van der Waals surface area contributed by atoms with Crippen LogP contribution >= 0.6 is 0 Å². The van der Waals surface area contributed by atoms with Crippen molar-refractivity contribution >= 4 is 40.0 Å². The van der Waals surface area contributed by atoms with Crippen LogP contribution in [-0.4, -0.2) is 121 Å². The fourth-order valence-electron chi connectivity index (χ4n) is 10.7. The van der Waals surface area contributed by atoms with Gasteiger partial charge in [-0.15, -0.1) is 0 Å². The number of rotatable bonds is 10. The van der Waals surface area contributed by atoms with Crippen LogP contribution < -0.4 is 30.1 Å². The Morgan fingerprint density at radius 1 is 0.820 bits per heavy atom. The summed E-state index contributed by atoms with van der Waals surface area (Å²) in [6.45, 7) is 10.6. The van der Waals surface area contributed by atoms with Gasteiger partial charge in [0, 0.05) is 99.3 Å². The number of nitrogens with one attached hydrogen (secondary N) is 1. The Morgan fingerprint density at radius 2 is 1.56 bits per heavy atom. The highest BCUT2D eigenvalue weighted by molar-refractivity contribution is 6.05. The van der Waals surface area contributed by atoms with Gasteiger partial charge in [0.1, 0.15) is 23.4 Å². The molecule has 1 spiro atoms. The van der Waals surface area contributed by atoms with Gasteiger partial charge >= 0.3 is 0 Å². The van der Waals surface area contributed by atoms with Crippen LogP contribution in [0, 0.1) is 11.3 Å². The van der Waals surface area contributed by atoms with Gasteiger partial charge in [0.25, 0.3) is 11.5 Å². The SMILES string of the molecule is COc1cc(-c2cn(C)c(=O)c3cnc(N4CCC4)cc23)cc(OC)c1CN1CCC(CN2CCC3(CC2)CN(c2ccc4c(c2)C(=O)N([C@@H]2CCC(=O)NC2=O)C4)C3)CC1. The molecule has 1 atom stereocenters. The number of hydrogen-bond acceptors (Lipinski definition) is 11. The van der Waals surface area contributed by atoms with Crippen molar-refractivity contribution in [3.05, 3.63) is 75.8 Å². The summed E-state index contributed by atoms with van der Waals surface area (Å²) in [4.78, 5) is 66.8. The van der Waals surface area contributed by atoms with Gasteiger partial charge < -0.3 is 33.6 Å². The first-order valence-corrected chi connectivity index (χ1v) is 22.1. The molecule has 61 heavy (non-hydrogen) atoms. The van der Waals surface area contributed by atoms with E-state index in [0.717, 1.165) is 135 Å². The average Bonchev–Trinajstić information content (AvgIpc) is 3.56. The molecular formula is C47H56N8O6. The summed E-state index contributed by atoms with van der Waals surface area (Å²) < 4.78 is 13.7. The van der Waals surface area contributed by atoms with Gasteiger partial charge in [-0.05, 0) is 112 Å². The van der Waals surface area contributed by atoms with Crippen molar-refractivity contribution < 1.29 is 23.9 Å². The predicted octanol–water partition coefficient (Wildman–Crippen LogP) is 4.40. The number of carbonyl (C=O) groups is 3. The number of imide groups is 1. The number of methoxy groups -OCH3 is 2. The average molecular weight is 829 g/mol. The molecule has 0 aliphatic carbocycles. The van der Waals surface area contributed by atoms with E-state index in [1.54, 1.807) is 36.9 Å². The summed E-state index contributed by atoms with van der Waals surface area (Å²) in [7, 11) is 5.23. The standard InChI is InChI=1S/C47H56N8O6/c1-50-26-37(35-22-42(53-13-4-14-53)48-23-36(35)45(50)58)32-19-40(60-2)38(41(20-32)61-3)27-51-15-9-30(10-16-51)24-52-17-11-47(12-18-52)28-54(29-47)33-6-5-31-25-55(46(59)34(31)21-33)39-7-8-43(56)49-44(39)57/h5-6,19-23,26,30,39H,4,7-18,24-25,27-29H2,1-3H3,(H,49,56,57)/t39-/m1/s1. The minimum absolute atomic E-state index is 0.0639. The fraction of sp³-hybridized carbons (Fsp3) is 0.511. The number of piperidine rings is 3. The number of ether oxygens (including phenoxy) is 2. The second-order valence-corrected chi connectivity index (χ2v) is 18.4. The first-order valence-electron chi connectivity index (χ1n) is 22.1. The second kappa shape index (κ2) is 15.8. The van der Waals surface area contributed by atoms with Crippen LogP contribution in [0.2, 0.25) is 0 Å². The zero-order chi connectivity index (χ0) is 42.0. The molecule has 2 aromatic heterocycles. The monoisotopic (exact) mass is 828 g/mol. The van der Waals surface area contributed by atoms with Gasteiger partial charge in [0.2, 0.25) is 11.8 Å². The van der Waals surface area contributed by atoms with E-state index in [2.05, 4.69) is 54.2 Å². The molecule has 0 saturated carbocycles. The lowest BCUT2D eigenvalue weighted by atomic mass is 9.71. The third kappa shape index (κ3) is 7.30. The summed E-state index contributed by atoms with van der Waals surface area (Å²) in [6.07, 6.45) is 10.1. The normalized spacial score (nSPS) is 22.0. The topological polar surface area (TPSA) is 133 Å². The van der Waals surface area contributed by atoms with Crippen molar-refractivity contribution in [1.29, 1.82) is 0 Å². The van der Waals surface area contributed by atoms with Gasteiger partial charge in [-0.2, -0.15) is 0 Å². The maximum atomic E-state index is 13.4. The molecule has 0 bridgehead atoms. The van der Waals surface area contributed by atoms with E-state index in [4.69, 9.17) is 9.47 Å². The van der Waals surface area contributed by atoms with E-state index >= 15 is 0 Å². The molecule has 14 nitrogen and oxygen atoms in total. The molecule has 320 valence electrons. The van der Waals surface area contributed by atoms with Crippen LogP contribution in [0.25, 0.3) is 21.9 Å². The van der Waals surface area contributed by atoms with E-state index in [0.29, 0.717) is 35.2 Å². The van der Waals surface area contributed by atoms with Crippen LogP contribution in [0.3, 0.4) is 0 Å². The highest BCUT2D eigenvalue weighted by Gasteiger charge is 2.46. The zero-order valence-corrected chi connectivity index (χ0v) is 35.6. The van der Waals surface area contributed by atoms with Crippen molar-refractivity contribution in [2.75, 3.05) is 82.9 Å². The molecule has 4 aromatic rings. The minimum atomic E-state index is -0.590. The quantitative estimate of drug-likeness (QED) is 0.228. The molecule has 6 aliphatic rings. The Morgan fingerprint density at radius 3 is 2.23 bits per heavy atom. The van der Waals surface area contributed by atoms with Crippen molar-refractivity contribution in [3.8, 4) is 22.6 Å². The number of aromatic nitrogens is 2. The third-order valence-electron chi connectivity index (χ3n) is 14.6. The molecule has 0 radical (unpaired) electrons. The number of fused-ring (bicyclic) bond motifs is 2. The number of aryl methyl sites for hydroxylation is 1. The first-order chi connectivity index (χ1) is 29.6. The third-order valence-corrected chi connectivity index (χ3v) is 14.6. The van der Waals surface area contributed by atoms with Crippen molar-refractivity contribution in [2.45, 2.75) is 64.1 Å². The maximum Gasteiger partial charge on any atom is 0.259 e. The van der Waals surface area contributed by atoms with Gasteiger partial charge in [-0.25, -0.2) is 4.98 Å². The zero-order valence-electron chi connectivity index (χ0n) is 35.6. The number of pyridine rings is 2. The van der Waals surface area contributed by atoms with Crippen LogP contribution in [0.5, 0.6) is 11.5 Å². The molecule has 5 saturated heterocycles. The predicted molar refractivity (Wildman–Crippen MR) is 233 cm³/mol. The Hall–Kier alpha value is -5.47. The van der Waals surface area contributed by atoms with Gasteiger partial charge in [0.05, 0.1) is 25.2 Å². The number of hydrogen-bond donors (Lipinski definition) is 1. The molecule has 3 amide bonds. The van der Waals surface area contributed by atoms with Crippen molar-refractivity contribution in [3.63, 3.8) is 0 Å². The summed E-state index contributed by atoms with van der Waals surface area (Å²) in [5, 5.41) is 3.87. The smallest absolute Gasteiger partial charge is 0.259 e. The lowest BCUT2D eigenvalue weighted by Crippen LogP contribution is -2.60. The molecule has 6 aliphatic heterocycles. The lowest BCUT2D eigenvalue weighted by Gasteiger charge is -2.55. The number of anilines is 2. The molecule has 10 rings (SSSR count). The van der Waals surface area contributed by atoms with Crippen molar-refractivity contribution in [1.82, 2.24) is 29.6 Å². The molecule has 0 unspecified atom stereocenters. The largest absolute Gasteiger partial charge is 0.496 e. The Kier molecular flexibility index (Phi) is 10.3. The van der Waals surface area contributed by atoms with Crippen LogP contribution in [0.1, 0.15) is 66.4 Å². The molecule has 1 N–H and O–H groups in total. The Bertz CT molecular complexity index is 2430. The van der Waals surface area contributed by atoms with Crippen LogP contribution in [0.4, 0.5) is 11.5 Å². The minimum Gasteiger partial charge on any atom is -0.496 e. The van der Waals surface area contributed by atoms with E-state index in [9.17, 15) is 19.2 Å². The molecular weight excluding hydrogens is 773 g/mol. The van der Waals surface area contributed by atoms with Gasteiger partial charge in [0.15, 0.2) is 0 Å². The molecule has 14 heteroatoms. The molecule has 2 aromatic carbocycles. The summed E-state index contributed by atoms with van der Waals surface area (Å²) in [5.41, 5.74) is 5.90. The number of carbonyl (C=O) groups excluding carboxylic acids is 3. The number of benzene rings is 2. The van der Waals surface area contributed by atoms with Crippen molar-refractivity contribution in [2.24, 2.45) is 18.4 Å². The summed E-state index contributed by atoms with van der Waals surface area (Å²) in [6, 6.07) is 11.8. The molecule has 8 heterocycles. The van der Waals surface area contributed by atoms with E-state index < -0.39 is 6.04 Å². The van der Waals surface area contributed by atoms with Gasteiger partial charge in [-0.3, -0.25) is 29.4 Å². The summed E-state index contributed by atoms with van der Waals surface area (Å²) in [5.74, 6) is 2.39. The molecule has 5 fully saturated rings. The number of nitrogens with zero attached hydrogens (tertiary/aromatic N) is 7. The number of likely N-dealkylation sites (tertiary alicyclic amines) is 2.